The molecule has 0 bridgehead atoms. The van der Waals surface area contributed by atoms with Gasteiger partial charge >= 0.3 is 0 Å². The van der Waals surface area contributed by atoms with Crippen molar-refractivity contribution < 1.29 is 13.9 Å². The highest BCUT2D eigenvalue weighted by Gasteiger charge is 2.32. The predicted molar refractivity (Wildman–Crippen MR) is 73.4 cm³/mol. The Kier molecular flexibility index (Phi) is 3.17. The first kappa shape index (κ1) is 12.8. The van der Waals surface area contributed by atoms with E-state index in [9.17, 15) is 9.18 Å². The van der Waals surface area contributed by atoms with Gasteiger partial charge in [0.1, 0.15) is 23.7 Å². The number of carbonyl (C=O) groups excluding carboxylic acids is 1. The number of rotatable bonds is 2. The normalized spacial score (nSPS) is 20.6. The molecule has 0 aromatic heterocycles. The Hall–Kier alpha value is -1.23. The van der Waals surface area contributed by atoms with E-state index >= 15 is 0 Å². The van der Waals surface area contributed by atoms with Crippen molar-refractivity contribution in [3.63, 3.8) is 0 Å². The van der Waals surface area contributed by atoms with Crippen LogP contribution in [0.15, 0.2) is 12.1 Å². The van der Waals surface area contributed by atoms with Gasteiger partial charge in [-0.2, -0.15) is 12.6 Å². The Morgan fingerprint density at radius 2 is 2.21 bits per heavy atom. The molecule has 3 nitrogen and oxygen atoms in total. The van der Waals surface area contributed by atoms with Crippen LogP contribution in [0, 0.1) is 5.82 Å². The summed E-state index contributed by atoms with van der Waals surface area (Å²) < 4.78 is 19.8. The summed E-state index contributed by atoms with van der Waals surface area (Å²) in [6.07, 6.45) is 2.18. The maximum absolute atomic E-state index is 14.2. The smallest absolute Gasteiger partial charge is 0.261 e. The SMILES string of the molecule is CC(S)N1CCOc2cc(C3CC3)cc(F)c2C1=O. The highest BCUT2D eigenvalue weighted by atomic mass is 32.1. The van der Waals surface area contributed by atoms with Crippen LogP contribution >= 0.6 is 12.6 Å². The fourth-order valence-corrected chi connectivity index (χ4v) is 2.65. The quantitative estimate of drug-likeness (QED) is 0.845. The first-order valence-electron chi connectivity index (χ1n) is 6.53. The number of carbonyl (C=O) groups is 1. The van der Waals surface area contributed by atoms with Crippen molar-refractivity contribution >= 4 is 18.5 Å². The lowest BCUT2D eigenvalue weighted by Gasteiger charge is -2.23. The maximum atomic E-state index is 14.2. The largest absolute Gasteiger partial charge is 0.491 e. The number of halogens is 1. The van der Waals surface area contributed by atoms with Crippen molar-refractivity contribution in [2.45, 2.75) is 31.1 Å². The van der Waals surface area contributed by atoms with Crippen molar-refractivity contribution in [2.24, 2.45) is 0 Å². The number of benzene rings is 1. The van der Waals surface area contributed by atoms with Crippen LogP contribution in [-0.4, -0.2) is 29.3 Å². The monoisotopic (exact) mass is 281 g/mol. The third-order valence-electron chi connectivity index (χ3n) is 3.64. The average molecular weight is 281 g/mol. The van der Waals surface area contributed by atoms with E-state index in [2.05, 4.69) is 12.6 Å². The lowest BCUT2D eigenvalue weighted by Crippen LogP contribution is -2.37. The van der Waals surface area contributed by atoms with E-state index in [0.29, 0.717) is 24.8 Å². The molecule has 1 fully saturated rings. The van der Waals surface area contributed by atoms with Crippen molar-refractivity contribution in [3.05, 3.63) is 29.1 Å². The van der Waals surface area contributed by atoms with Crippen LogP contribution in [0.4, 0.5) is 4.39 Å². The van der Waals surface area contributed by atoms with Gasteiger partial charge in [-0.05, 0) is 43.4 Å². The third-order valence-corrected chi connectivity index (χ3v) is 3.92. The summed E-state index contributed by atoms with van der Waals surface area (Å²) >= 11 is 4.26. The molecule has 0 N–H and O–H groups in total. The zero-order valence-corrected chi connectivity index (χ0v) is 11.6. The van der Waals surface area contributed by atoms with Gasteiger partial charge in [0.15, 0.2) is 0 Å². The van der Waals surface area contributed by atoms with E-state index in [-0.39, 0.29) is 16.8 Å². The lowest BCUT2D eigenvalue weighted by molar-refractivity contribution is 0.0744. The molecule has 0 radical (unpaired) electrons. The highest BCUT2D eigenvalue weighted by Crippen LogP contribution is 2.42. The van der Waals surface area contributed by atoms with Crippen LogP contribution in [0.5, 0.6) is 5.75 Å². The number of thiol groups is 1. The minimum absolute atomic E-state index is 0.0443. The summed E-state index contributed by atoms with van der Waals surface area (Å²) in [6, 6.07) is 3.30. The van der Waals surface area contributed by atoms with Crippen LogP contribution in [0.2, 0.25) is 0 Å². The van der Waals surface area contributed by atoms with Gasteiger partial charge in [0, 0.05) is 0 Å². The summed E-state index contributed by atoms with van der Waals surface area (Å²) in [5.74, 6) is -0.00910. The summed E-state index contributed by atoms with van der Waals surface area (Å²) in [7, 11) is 0. The molecule has 1 atom stereocenters. The van der Waals surface area contributed by atoms with E-state index in [1.165, 1.54) is 11.0 Å². The maximum Gasteiger partial charge on any atom is 0.261 e. The van der Waals surface area contributed by atoms with Crippen LogP contribution < -0.4 is 4.74 Å². The molecule has 1 aliphatic heterocycles. The Labute approximate surface area is 117 Å². The van der Waals surface area contributed by atoms with Crippen molar-refractivity contribution in [1.29, 1.82) is 0 Å². The molecular formula is C14H16FNO2S. The number of hydrogen-bond donors (Lipinski definition) is 1. The minimum Gasteiger partial charge on any atom is -0.491 e. The Morgan fingerprint density at radius 1 is 1.47 bits per heavy atom. The molecule has 102 valence electrons. The summed E-state index contributed by atoms with van der Waals surface area (Å²) in [5.41, 5.74) is 0.985. The van der Waals surface area contributed by atoms with Crippen LogP contribution in [0.25, 0.3) is 0 Å². The third kappa shape index (κ3) is 2.31. The molecular weight excluding hydrogens is 265 g/mol. The molecule has 1 amide bonds. The van der Waals surface area contributed by atoms with E-state index in [1.54, 1.807) is 6.92 Å². The Balaban J connectivity index is 2.04. The summed E-state index contributed by atoms with van der Waals surface area (Å²) in [6.45, 7) is 2.59. The van der Waals surface area contributed by atoms with Crippen molar-refractivity contribution in [2.75, 3.05) is 13.2 Å². The van der Waals surface area contributed by atoms with Crippen molar-refractivity contribution in [1.82, 2.24) is 4.90 Å². The van der Waals surface area contributed by atoms with Crippen LogP contribution in [-0.2, 0) is 0 Å². The van der Waals surface area contributed by atoms with Crippen LogP contribution in [0.1, 0.15) is 41.6 Å². The molecule has 1 unspecified atom stereocenters. The van der Waals surface area contributed by atoms with Gasteiger partial charge in [0.25, 0.3) is 5.91 Å². The van der Waals surface area contributed by atoms with Gasteiger partial charge in [-0.15, -0.1) is 0 Å². The predicted octanol–water partition coefficient (Wildman–Crippen LogP) is 2.81. The summed E-state index contributed by atoms with van der Waals surface area (Å²) in [4.78, 5) is 13.9. The molecule has 1 aromatic carbocycles. The van der Waals surface area contributed by atoms with Crippen molar-refractivity contribution in [3.8, 4) is 5.75 Å². The highest BCUT2D eigenvalue weighted by molar-refractivity contribution is 7.80. The lowest BCUT2D eigenvalue weighted by atomic mass is 10.1. The molecule has 0 saturated heterocycles. The van der Waals surface area contributed by atoms with Gasteiger partial charge in [0.05, 0.1) is 11.9 Å². The second kappa shape index (κ2) is 4.71. The molecule has 1 heterocycles. The number of hydrogen-bond acceptors (Lipinski definition) is 3. The van der Waals surface area contributed by atoms with Crippen LogP contribution in [0.3, 0.4) is 0 Å². The Bertz CT molecular complexity index is 528. The second-order valence-electron chi connectivity index (χ2n) is 5.13. The van der Waals surface area contributed by atoms with Gasteiger partial charge in [-0.1, -0.05) is 0 Å². The fraction of sp³-hybridized carbons (Fsp3) is 0.500. The first-order chi connectivity index (χ1) is 9.08. The number of fused-ring (bicyclic) bond motifs is 1. The molecule has 2 aliphatic rings. The van der Waals surface area contributed by atoms with Gasteiger partial charge in [-0.3, -0.25) is 4.79 Å². The minimum atomic E-state index is -0.481. The van der Waals surface area contributed by atoms with Gasteiger partial charge < -0.3 is 9.64 Å². The Morgan fingerprint density at radius 3 is 2.84 bits per heavy atom. The average Bonchev–Trinajstić information content (AvgIpc) is 3.15. The summed E-state index contributed by atoms with van der Waals surface area (Å²) in [5, 5.41) is -0.260. The standard InChI is InChI=1S/C14H16FNO2S/c1-8(19)16-4-5-18-12-7-10(9-2-3-9)6-11(15)13(12)14(16)17/h6-9,19H,2-5H2,1H3. The second-order valence-corrected chi connectivity index (χ2v) is 5.88. The molecule has 0 spiro atoms. The van der Waals surface area contributed by atoms with Gasteiger partial charge in [0.2, 0.25) is 0 Å². The molecule has 5 heteroatoms. The zero-order valence-electron chi connectivity index (χ0n) is 10.7. The van der Waals surface area contributed by atoms with E-state index < -0.39 is 5.82 Å². The topological polar surface area (TPSA) is 29.5 Å². The number of ether oxygens (including phenoxy) is 1. The van der Waals surface area contributed by atoms with E-state index in [1.807, 2.05) is 6.07 Å². The molecule has 19 heavy (non-hydrogen) atoms. The number of nitrogens with zero attached hydrogens (tertiary/aromatic N) is 1. The van der Waals surface area contributed by atoms with E-state index in [4.69, 9.17) is 4.74 Å². The number of amides is 1. The fourth-order valence-electron chi connectivity index (χ4n) is 2.43. The molecule has 1 saturated carbocycles. The molecule has 1 aromatic rings. The van der Waals surface area contributed by atoms with Gasteiger partial charge in [-0.25, -0.2) is 4.39 Å². The zero-order chi connectivity index (χ0) is 13.6. The van der Waals surface area contributed by atoms with E-state index in [0.717, 1.165) is 18.4 Å². The molecule has 3 rings (SSSR count). The first-order valence-corrected chi connectivity index (χ1v) is 7.05. The molecule has 1 aliphatic carbocycles.